The minimum absolute atomic E-state index is 0.294. The Morgan fingerprint density at radius 3 is 2.61 bits per heavy atom. The molecule has 1 aromatic heterocycles. The number of hydrogen-bond donors (Lipinski definition) is 1. The van der Waals surface area contributed by atoms with Gasteiger partial charge in [-0.25, -0.2) is 0 Å². The third-order valence-electron chi connectivity index (χ3n) is 2.77. The van der Waals surface area contributed by atoms with Crippen LogP contribution in [-0.4, -0.2) is 5.11 Å². The van der Waals surface area contributed by atoms with Crippen molar-refractivity contribution in [3.8, 4) is 0 Å². The second-order valence-electron chi connectivity index (χ2n) is 4.89. The van der Waals surface area contributed by atoms with Crippen LogP contribution < -0.4 is 0 Å². The van der Waals surface area contributed by atoms with Crippen molar-refractivity contribution >= 4 is 11.6 Å². The second kappa shape index (κ2) is 5.59. The minimum Gasteiger partial charge on any atom is -0.447 e. The summed E-state index contributed by atoms with van der Waals surface area (Å²) in [6.07, 6.45) is 0.240. The van der Waals surface area contributed by atoms with E-state index >= 15 is 0 Å². The van der Waals surface area contributed by atoms with Crippen molar-refractivity contribution in [2.75, 3.05) is 0 Å². The van der Waals surface area contributed by atoms with Crippen LogP contribution in [0.1, 0.15) is 36.8 Å². The van der Waals surface area contributed by atoms with E-state index < -0.39 is 6.10 Å². The number of benzene rings is 1. The van der Waals surface area contributed by atoms with Gasteiger partial charge in [-0.1, -0.05) is 38.1 Å². The zero-order chi connectivity index (χ0) is 13.1. The molecule has 1 aromatic carbocycles. The predicted molar refractivity (Wildman–Crippen MR) is 72.8 cm³/mol. The van der Waals surface area contributed by atoms with E-state index in [-0.39, 0.29) is 0 Å². The van der Waals surface area contributed by atoms with Crippen molar-refractivity contribution in [3.05, 3.63) is 58.5 Å². The van der Waals surface area contributed by atoms with Gasteiger partial charge in [0.25, 0.3) is 0 Å². The highest BCUT2D eigenvalue weighted by Gasteiger charge is 2.14. The van der Waals surface area contributed by atoms with Crippen molar-refractivity contribution in [3.63, 3.8) is 0 Å². The fraction of sp³-hybridized carbons (Fsp3) is 0.333. The van der Waals surface area contributed by atoms with Crippen molar-refractivity contribution in [1.29, 1.82) is 0 Å². The SMILES string of the molecule is CC(C)Cc1cccc(C(O)c2ccc(Cl)o2)c1. The average molecular weight is 265 g/mol. The molecule has 0 spiro atoms. The van der Waals surface area contributed by atoms with E-state index in [9.17, 15) is 5.11 Å². The largest absolute Gasteiger partial charge is 0.447 e. The summed E-state index contributed by atoms with van der Waals surface area (Å²) in [6.45, 7) is 4.35. The number of aliphatic hydroxyl groups excluding tert-OH is 1. The maximum atomic E-state index is 10.2. The molecule has 1 N–H and O–H groups in total. The fourth-order valence-corrected chi connectivity index (χ4v) is 2.15. The monoisotopic (exact) mass is 264 g/mol. The van der Waals surface area contributed by atoms with Crippen LogP contribution in [0.4, 0.5) is 0 Å². The number of halogens is 1. The number of rotatable bonds is 4. The Labute approximate surface area is 112 Å². The lowest BCUT2D eigenvalue weighted by atomic mass is 9.98. The maximum Gasteiger partial charge on any atom is 0.193 e. The molecule has 0 fully saturated rings. The molecule has 0 radical (unpaired) electrons. The highest BCUT2D eigenvalue weighted by Crippen LogP contribution is 2.26. The van der Waals surface area contributed by atoms with Gasteiger partial charge >= 0.3 is 0 Å². The van der Waals surface area contributed by atoms with Gasteiger partial charge in [0.05, 0.1) is 0 Å². The molecular weight excluding hydrogens is 248 g/mol. The van der Waals surface area contributed by atoms with E-state index in [4.69, 9.17) is 16.0 Å². The molecule has 2 aromatic rings. The Kier molecular flexibility index (Phi) is 4.10. The van der Waals surface area contributed by atoms with E-state index in [1.165, 1.54) is 5.56 Å². The average Bonchev–Trinajstić information content (AvgIpc) is 2.74. The van der Waals surface area contributed by atoms with Crippen LogP contribution >= 0.6 is 11.6 Å². The van der Waals surface area contributed by atoms with Crippen LogP contribution in [0, 0.1) is 5.92 Å². The van der Waals surface area contributed by atoms with Gasteiger partial charge in [0, 0.05) is 0 Å². The lowest BCUT2D eigenvalue weighted by molar-refractivity contribution is 0.189. The van der Waals surface area contributed by atoms with Gasteiger partial charge in [0.15, 0.2) is 5.22 Å². The number of furan rings is 1. The maximum absolute atomic E-state index is 10.2. The van der Waals surface area contributed by atoms with Gasteiger partial charge in [-0.2, -0.15) is 0 Å². The molecule has 0 aliphatic heterocycles. The Morgan fingerprint density at radius 1 is 1.22 bits per heavy atom. The standard InChI is InChI=1S/C15H17ClO2/c1-10(2)8-11-4-3-5-12(9-11)15(17)13-6-7-14(16)18-13/h3-7,9-10,15,17H,8H2,1-2H3. The van der Waals surface area contributed by atoms with Crippen LogP contribution in [0.5, 0.6) is 0 Å². The highest BCUT2D eigenvalue weighted by molar-refractivity contribution is 6.28. The Hall–Kier alpha value is -1.25. The molecule has 18 heavy (non-hydrogen) atoms. The molecular formula is C15H17ClO2. The highest BCUT2D eigenvalue weighted by atomic mass is 35.5. The summed E-state index contributed by atoms with van der Waals surface area (Å²) in [4.78, 5) is 0. The molecule has 0 saturated carbocycles. The molecule has 0 bridgehead atoms. The quantitative estimate of drug-likeness (QED) is 0.897. The first-order valence-electron chi connectivity index (χ1n) is 6.08. The zero-order valence-electron chi connectivity index (χ0n) is 10.6. The van der Waals surface area contributed by atoms with E-state index in [1.54, 1.807) is 12.1 Å². The van der Waals surface area contributed by atoms with E-state index in [2.05, 4.69) is 19.9 Å². The van der Waals surface area contributed by atoms with Gasteiger partial charge in [-0.05, 0) is 47.2 Å². The molecule has 0 aliphatic rings. The minimum atomic E-state index is -0.760. The summed E-state index contributed by atoms with van der Waals surface area (Å²) in [6, 6.07) is 11.3. The van der Waals surface area contributed by atoms with E-state index in [1.807, 2.05) is 18.2 Å². The first-order chi connectivity index (χ1) is 8.56. The predicted octanol–water partition coefficient (Wildman–Crippen LogP) is 4.21. The summed E-state index contributed by atoms with van der Waals surface area (Å²) in [5.74, 6) is 1.07. The van der Waals surface area contributed by atoms with E-state index in [0.29, 0.717) is 16.9 Å². The summed E-state index contributed by atoms with van der Waals surface area (Å²) >= 11 is 5.71. The molecule has 0 amide bonds. The summed E-state index contributed by atoms with van der Waals surface area (Å²) in [7, 11) is 0. The molecule has 0 saturated heterocycles. The first-order valence-corrected chi connectivity index (χ1v) is 6.46. The smallest absolute Gasteiger partial charge is 0.193 e. The van der Waals surface area contributed by atoms with Crippen LogP contribution in [0.2, 0.25) is 5.22 Å². The molecule has 3 heteroatoms. The summed E-state index contributed by atoms with van der Waals surface area (Å²) < 4.78 is 5.24. The second-order valence-corrected chi connectivity index (χ2v) is 5.26. The van der Waals surface area contributed by atoms with Crippen LogP contribution in [-0.2, 0) is 6.42 Å². The third-order valence-corrected chi connectivity index (χ3v) is 2.98. The van der Waals surface area contributed by atoms with Gasteiger partial charge < -0.3 is 9.52 Å². The Morgan fingerprint density at radius 2 is 2.00 bits per heavy atom. The van der Waals surface area contributed by atoms with Gasteiger partial charge in [-0.3, -0.25) is 0 Å². The first kappa shape index (κ1) is 13.2. The molecule has 1 heterocycles. The lowest BCUT2D eigenvalue weighted by Crippen LogP contribution is -2.00. The lowest BCUT2D eigenvalue weighted by Gasteiger charge is -2.11. The third kappa shape index (κ3) is 3.15. The molecule has 1 atom stereocenters. The number of aliphatic hydroxyl groups is 1. The van der Waals surface area contributed by atoms with Gasteiger partial charge in [0.1, 0.15) is 11.9 Å². The molecule has 96 valence electrons. The number of hydrogen-bond acceptors (Lipinski definition) is 2. The van der Waals surface area contributed by atoms with Gasteiger partial charge in [-0.15, -0.1) is 0 Å². The summed E-state index contributed by atoms with van der Waals surface area (Å²) in [5.41, 5.74) is 2.05. The van der Waals surface area contributed by atoms with Crippen LogP contribution in [0.3, 0.4) is 0 Å². The Balaban J connectivity index is 2.22. The van der Waals surface area contributed by atoms with Crippen LogP contribution in [0.15, 0.2) is 40.8 Å². The fourth-order valence-electron chi connectivity index (χ4n) is 2.00. The molecule has 2 rings (SSSR count). The van der Waals surface area contributed by atoms with Crippen molar-refractivity contribution < 1.29 is 9.52 Å². The molecule has 2 nitrogen and oxygen atoms in total. The normalized spacial score (nSPS) is 12.9. The van der Waals surface area contributed by atoms with Crippen LogP contribution in [0.25, 0.3) is 0 Å². The van der Waals surface area contributed by atoms with Crippen molar-refractivity contribution in [1.82, 2.24) is 0 Å². The zero-order valence-corrected chi connectivity index (χ0v) is 11.3. The van der Waals surface area contributed by atoms with Gasteiger partial charge in [0.2, 0.25) is 0 Å². The summed E-state index contributed by atoms with van der Waals surface area (Å²) in [5, 5.41) is 10.5. The Bertz CT molecular complexity index is 517. The molecule has 0 aliphatic carbocycles. The topological polar surface area (TPSA) is 33.4 Å². The van der Waals surface area contributed by atoms with Crippen molar-refractivity contribution in [2.24, 2.45) is 5.92 Å². The van der Waals surface area contributed by atoms with E-state index in [0.717, 1.165) is 12.0 Å². The molecule has 1 unspecified atom stereocenters. The van der Waals surface area contributed by atoms with Crippen molar-refractivity contribution in [2.45, 2.75) is 26.4 Å².